The Morgan fingerprint density at radius 3 is 2.65 bits per heavy atom. The molecule has 0 aliphatic heterocycles. The molecule has 7 heteroatoms. The van der Waals surface area contributed by atoms with Crippen molar-refractivity contribution in [2.75, 3.05) is 33.5 Å². The predicted molar refractivity (Wildman–Crippen MR) is 71.0 cm³/mol. The van der Waals surface area contributed by atoms with E-state index in [0.717, 1.165) is 12.1 Å². The molecule has 0 unspecified atom stereocenters. The Hall–Kier alpha value is -1.24. The van der Waals surface area contributed by atoms with E-state index < -0.39 is 17.5 Å². The maximum atomic E-state index is 13.0. The van der Waals surface area contributed by atoms with Gasteiger partial charge in [0.2, 0.25) is 0 Å². The highest BCUT2D eigenvalue weighted by Gasteiger charge is 2.14. The van der Waals surface area contributed by atoms with Crippen molar-refractivity contribution < 1.29 is 23.0 Å². The van der Waals surface area contributed by atoms with Gasteiger partial charge < -0.3 is 14.8 Å². The lowest BCUT2D eigenvalue weighted by Crippen LogP contribution is -2.26. The Bertz CT molecular complexity index is 457. The highest BCUT2D eigenvalue weighted by molar-refractivity contribution is 6.33. The molecule has 0 bridgehead atoms. The van der Waals surface area contributed by atoms with Crippen molar-refractivity contribution in [3.8, 4) is 0 Å². The summed E-state index contributed by atoms with van der Waals surface area (Å²) in [5.41, 5.74) is -0.0918. The number of hydrogen-bond acceptors (Lipinski definition) is 3. The first-order valence-electron chi connectivity index (χ1n) is 6.05. The third-order valence-corrected chi connectivity index (χ3v) is 2.75. The SMILES string of the molecule is COCCOCCCNC(=O)c1cc(F)c(F)cc1Cl. The van der Waals surface area contributed by atoms with Crippen LogP contribution in [0.5, 0.6) is 0 Å². The standard InChI is InChI=1S/C13H16ClF2NO3/c1-19-5-6-20-4-2-3-17-13(18)9-7-11(15)12(16)8-10(9)14/h7-8H,2-6H2,1H3,(H,17,18). The van der Waals surface area contributed by atoms with Crippen LogP contribution < -0.4 is 5.32 Å². The van der Waals surface area contributed by atoms with Crippen LogP contribution in [0, 0.1) is 11.6 Å². The van der Waals surface area contributed by atoms with Gasteiger partial charge in [0.1, 0.15) is 0 Å². The van der Waals surface area contributed by atoms with E-state index in [1.54, 1.807) is 7.11 Å². The van der Waals surface area contributed by atoms with E-state index in [-0.39, 0.29) is 10.6 Å². The van der Waals surface area contributed by atoms with Gasteiger partial charge in [-0.3, -0.25) is 4.79 Å². The molecule has 0 saturated carbocycles. The van der Waals surface area contributed by atoms with Crippen LogP contribution in [0.25, 0.3) is 0 Å². The molecule has 0 heterocycles. The summed E-state index contributed by atoms with van der Waals surface area (Å²) in [7, 11) is 1.58. The predicted octanol–water partition coefficient (Wildman–Crippen LogP) is 2.40. The topological polar surface area (TPSA) is 47.6 Å². The van der Waals surface area contributed by atoms with Crippen LogP contribution in [-0.4, -0.2) is 39.4 Å². The minimum atomic E-state index is -1.11. The van der Waals surface area contributed by atoms with Crippen LogP contribution in [0.15, 0.2) is 12.1 Å². The molecular formula is C13H16ClF2NO3. The van der Waals surface area contributed by atoms with Crippen LogP contribution in [0.4, 0.5) is 8.78 Å². The average molecular weight is 308 g/mol. The first-order valence-corrected chi connectivity index (χ1v) is 6.43. The molecule has 4 nitrogen and oxygen atoms in total. The summed E-state index contributed by atoms with van der Waals surface area (Å²) < 4.78 is 35.9. The largest absolute Gasteiger partial charge is 0.382 e. The van der Waals surface area contributed by atoms with E-state index in [1.165, 1.54) is 0 Å². The fourth-order valence-corrected chi connectivity index (χ4v) is 1.65. The number of amides is 1. The summed E-state index contributed by atoms with van der Waals surface area (Å²) in [5.74, 6) is -2.74. The van der Waals surface area contributed by atoms with Gasteiger partial charge in [-0.1, -0.05) is 11.6 Å². The molecule has 1 amide bonds. The number of hydrogen-bond donors (Lipinski definition) is 1. The van der Waals surface area contributed by atoms with E-state index in [4.69, 9.17) is 21.1 Å². The maximum Gasteiger partial charge on any atom is 0.252 e. The van der Waals surface area contributed by atoms with E-state index in [1.807, 2.05) is 0 Å². The maximum absolute atomic E-state index is 13.0. The summed E-state index contributed by atoms with van der Waals surface area (Å²) in [6.45, 7) is 1.81. The Balaban J connectivity index is 2.34. The Morgan fingerprint density at radius 2 is 1.95 bits per heavy atom. The first kappa shape index (κ1) is 16.8. The Labute approximate surface area is 121 Å². The number of carbonyl (C=O) groups is 1. The molecule has 0 atom stereocenters. The molecule has 0 aliphatic rings. The van der Waals surface area contributed by atoms with Crippen molar-refractivity contribution in [1.82, 2.24) is 5.32 Å². The molecule has 112 valence electrons. The normalized spacial score (nSPS) is 10.6. The molecule has 1 N–H and O–H groups in total. The van der Waals surface area contributed by atoms with Crippen LogP contribution >= 0.6 is 11.6 Å². The van der Waals surface area contributed by atoms with Crippen molar-refractivity contribution in [2.24, 2.45) is 0 Å². The second kappa shape index (κ2) is 8.84. The third kappa shape index (κ3) is 5.40. The second-order valence-corrected chi connectivity index (χ2v) is 4.37. The van der Waals surface area contributed by atoms with E-state index in [9.17, 15) is 13.6 Å². The van der Waals surface area contributed by atoms with Crippen LogP contribution in [0.2, 0.25) is 5.02 Å². The van der Waals surface area contributed by atoms with E-state index >= 15 is 0 Å². The summed E-state index contributed by atoms with van der Waals surface area (Å²) >= 11 is 5.69. The summed E-state index contributed by atoms with van der Waals surface area (Å²) in [6, 6.07) is 1.56. The number of carbonyl (C=O) groups excluding carboxylic acids is 1. The summed E-state index contributed by atoms with van der Waals surface area (Å²) in [5, 5.41) is 2.43. The van der Waals surface area contributed by atoms with Gasteiger partial charge in [-0.25, -0.2) is 8.78 Å². The van der Waals surface area contributed by atoms with Crippen molar-refractivity contribution in [1.29, 1.82) is 0 Å². The fourth-order valence-electron chi connectivity index (χ4n) is 1.41. The lowest BCUT2D eigenvalue weighted by Gasteiger charge is -2.08. The van der Waals surface area contributed by atoms with Gasteiger partial charge in [-0.2, -0.15) is 0 Å². The summed E-state index contributed by atoms with van der Waals surface area (Å²) in [6.07, 6.45) is 0.594. The number of nitrogens with one attached hydrogen (secondary N) is 1. The third-order valence-electron chi connectivity index (χ3n) is 2.44. The second-order valence-electron chi connectivity index (χ2n) is 3.96. The first-order chi connectivity index (χ1) is 9.56. The number of halogens is 3. The molecule has 0 fully saturated rings. The molecule has 0 aliphatic carbocycles. The minimum Gasteiger partial charge on any atom is -0.382 e. The number of methoxy groups -OCH3 is 1. The van der Waals surface area contributed by atoms with Gasteiger partial charge in [-0.05, 0) is 18.6 Å². The zero-order valence-corrected chi connectivity index (χ0v) is 11.8. The van der Waals surface area contributed by atoms with Gasteiger partial charge in [0, 0.05) is 20.3 Å². The molecular weight excluding hydrogens is 292 g/mol. The highest BCUT2D eigenvalue weighted by atomic mass is 35.5. The van der Waals surface area contributed by atoms with Crippen molar-refractivity contribution in [3.63, 3.8) is 0 Å². The van der Waals surface area contributed by atoms with E-state index in [0.29, 0.717) is 32.8 Å². The fraction of sp³-hybridized carbons (Fsp3) is 0.462. The highest BCUT2D eigenvalue weighted by Crippen LogP contribution is 2.19. The van der Waals surface area contributed by atoms with Crippen molar-refractivity contribution in [2.45, 2.75) is 6.42 Å². The lowest BCUT2D eigenvalue weighted by atomic mass is 10.2. The number of benzene rings is 1. The molecule has 20 heavy (non-hydrogen) atoms. The molecule has 1 aromatic carbocycles. The monoisotopic (exact) mass is 307 g/mol. The molecule has 1 aromatic rings. The molecule has 0 spiro atoms. The van der Waals surface area contributed by atoms with Crippen LogP contribution in [0.1, 0.15) is 16.8 Å². The van der Waals surface area contributed by atoms with Crippen molar-refractivity contribution >= 4 is 17.5 Å². The minimum absolute atomic E-state index is 0.0918. The molecule has 0 radical (unpaired) electrons. The van der Waals surface area contributed by atoms with Crippen LogP contribution in [0.3, 0.4) is 0 Å². The Kier molecular flexibility index (Phi) is 7.43. The van der Waals surface area contributed by atoms with Gasteiger partial charge in [0.05, 0.1) is 23.8 Å². The number of ether oxygens (including phenoxy) is 2. The average Bonchev–Trinajstić information content (AvgIpc) is 2.41. The lowest BCUT2D eigenvalue weighted by molar-refractivity contribution is 0.0688. The van der Waals surface area contributed by atoms with Gasteiger partial charge in [0.15, 0.2) is 11.6 Å². The molecule has 0 aromatic heterocycles. The van der Waals surface area contributed by atoms with Crippen LogP contribution in [-0.2, 0) is 9.47 Å². The zero-order chi connectivity index (χ0) is 15.0. The van der Waals surface area contributed by atoms with Gasteiger partial charge >= 0.3 is 0 Å². The van der Waals surface area contributed by atoms with Crippen molar-refractivity contribution in [3.05, 3.63) is 34.4 Å². The summed E-state index contributed by atoms with van der Waals surface area (Å²) in [4.78, 5) is 11.7. The molecule has 0 saturated heterocycles. The molecule has 1 rings (SSSR count). The zero-order valence-electron chi connectivity index (χ0n) is 11.0. The quantitative estimate of drug-likeness (QED) is 0.592. The Morgan fingerprint density at radius 1 is 1.25 bits per heavy atom. The smallest absolute Gasteiger partial charge is 0.252 e. The van der Waals surface area contributed by atoms with Gasteiger partial charge in [0.25, 0.3) is 5.91 Å². The van der Waals surface area contributed by atoms with E-state index in [2.05, 4.69) is 5.32 Å². The van der Waals surface area contributed by atoms with Gasteiger partial charge in [-0.15, -0.1) is 0 Å². The number of rotatable bonds is 8.